The third-order valence-electron chi connectivity index (χ3n) is 8.56. The van der Waals surface area contributed by atoms with Gasteiger partial charge < -0.3 is 14.8 Å². The van der Waals surface area contributed by atoms with Crippen LogP contribution in [0.2, 0.25) is 0 Å². The van der Waals surface area contributed by atoms with Crippen LogP contribution < -0.4 is 4.74 Å². The first kappa shape index (κ1) is 27.3. The molecule has 1 radical (unpaired) electrons. The van der Waals surface area contributed by atoms with E-state index >= 15 is 0 Å². The Bertz CT molecular complexity index is 1540. The molecule has 42 heavy (non-hydrogen) atoms. The third-order valence-corrected chi connectivity index (χ3v) is 8.56. The minimum absolute atomic E-state index is 0.0256. The van der Waals surface area contributed by atoms with Crippen LogP contribution in [-0.2, 0) is 12.7 Å². The summed E-state index contributed by atoms with van der Waals surface area (Å²) in [5.41, 5.74) is 2.14. The lowest BCUT2D eigenvalue weighted by Crippen LogP contribution is -2.54. The average molecular weight is 582 g/mol. The summed E-state index contributed by atoms with van der Waals surface area (Å²) in [5, 5.41) is 15.3. The fourth-order valence-corrected chi connectivity index (χ4v) is 6.32. The summed E-state index contributed by atoms with van der Waals surface area (Å²) in [5.74, 6) is 0.0256. The van der Waals surface area contributed by atoms with Gasteiger partial charge in [-0.25, -0.2) is 15.0 Å². The molecular weight excluding hydrogens is 549 g/mol. The number of hydrogen-bond donors (Lipinski definition) is 2. The summed E-state index contributed by atoms with van der Waals surface area (Å²) in [7, 11) is 0. The second-order valence-electron chi connectivity index (χ2n) is 11.5. The lowest BCUT2D eigenvalue weighted by Gasteiger charge is -2.45. The monoisotopic (exact) mass is 581 g/mol. The highest BCUT2D eigenvalue weighted by atomic mass is 19.4. The number of nitrogens with zero attached hydrogens (tertiary/aromatic N) is 7. The molecule has 6 heterocycles. The van der Waals surface area contributed by atoms with Gasteiger partial charge in [0.1, 0.15) is 29.8 Å². The number of nitrogens with one attached hydrogen (secondary N) is 1. The number of β-amino-alcohol motifs (C(OH)–C–C–N with tert-alkyl or cyclic N) is 1. The third kappa shape index (κ3) is 5.60. The molecule has 3 fully saturated rings. The quantitative estimate of drug-likeness (QED) is 0.339. The van der Waals surface area contributed by atoms with Crippen LogP contribution >= 0.6 is 0 Å². The summed E-state index contributed by atoms with van der Waals surface area (Å²) in [6, 6.07) is 6.28. The van der Waals surface area contributed by atoms with Crippen LogP contribution in [0.5, 0.6) is 5.88 Å². The van der Waals surface area contributed by atoms with Gasteiger partial charge in [0.15, 0.2) is 0 Å². The van der Waals surface area contributed by atoms with E-state index in [1.165, 1.54) is 6.04 Å². The Kier molecular flexibility index (Phi) is 7.11. The SMILES string of the molecule is O[C@H]1CCN(Cc2cc(O[C@H]3CC[C@@H](N4C[C](n5cc(-c6ncnc7[nH]ccc67)cn5)C4)CC3)nc(C(F)(F)F)c2)C1. The van der Waals surface area contributed by atoms with E-state index < -0.39 is 18.0 Å². The fraction of sp³-hybridized carbons (Fsp3) is 0.483. The van der Waals surface area contributed by atoms with Crippen molar-refractivity contribution in [2.24, 2.45) is 0 Å². The number of aliphatic hydroxyl groups excluding tert-OH is 1. The standard InChI is InChI=1S/C29H32F3N8O2/c30-29(31,32)25-9-18(12-38-8-6-22(41)16-38)10-26(37-25)42-23-3-1-20(2-4-23)39-14-21(15-39)40-13-19(11-36-40)27-24-5-7-33-28(24)35-17-34-27/h5,7,9-11,13,17,20,22-23,41H,1-4,6,8,12,14-16H2,(H,33,34,35)/t20-,22-,23+/m0/s1. The molecule has 2 saturated heterocycles. The number of rotatable bonds is 7. The number of halogens is 3. The fourth-order valence-electron chi connectivity index (χ4n) is 6.32. The Morgan fingerprint density at radius 2 is 1.90 bits per heavy atom. The van der Waals surface area contributed by atoms with Crippen molar-refractivity contribution in [3.05, 3.63) is 60.4 Å². The van der Waals surface area contributed by atoms with Gasteiger partial charge in [-0.15, -0.1) is 0 Å². The molecule has 0 amide bonds. The minimum Gasteiger partial charge on any atom is -0.474 e. The highest BCUT2D eigenvalue weighted by Crippen LogP contribution is 2.35. The Labute approximate surface area is 240 Å². The van der Waals surface area contributed by atoms with Crippen LogP contribution in [0.25, 0.3) is 22.3 Å². The first-order valence-electron chi connectivity index (χ1n) is 14.4. The summed E-state index contributed by atoms with van der Waals surface area (Å²) >= 11 is 0. The molecular formula is C29H32F3N8O2. The summed E-state index contributed by atoms with van der Waals surface area (Å²) in [6.45, 7) is 3.09. The zero-order valence-corrected chi connectivity index (χ0v) is 23.0. The van der Waals surface area contributed by atoms with Crippen molar-refractivity contribution in [3.63, 3.8) is 0 Å². The van der Waals surface area contributed by atoms with E-state index in [4.69, 9.17) is 4.74 Å². The Morgan fingerprint density at radius 1 is 1.07 bits per heavy atom. The number of aromatic amines is 1. The Hall–Kier alpha value is -3.55. The molecule has 221 valence electrons. The normalized spacial score (nSPS) is 24.3. The lowest BCUT2D eigenvalue weighted by molar-refractivity contribution is -0.141. The highest BCUT2D eigenvalue weighted by Gasteiger charge is 2.38. The van der Waals surface area contributed by atoms with Crippen molar-refractivity contribution in [1.82, 2.24) is 39.5 Å². The van der Waals surface area contributed by atoms with Gasteiger partial charge in [0, 0.05) is 68.2 Å². The van der Waals surface area contributed by atoms with Crippen LogP contribution in [0.4, 0.5) is 13.2 Å². The lowest BCUT2D eigenvalue weighted by atomic mass is 9.89. The van der Waals surface area contributed by atoms with Gasteiger partial charge in [-0.3, -0.25) is 14.5 Å². The zero-order valence-electron chi connectivity index (χ0n) is 23.0. The second kappa shape index (κ2) is 10.9. The molecule has 4 aromatic heterocycles. The van der Waals surface area contributed by atoms with Crippen molar-refractivity contribution in [3.8, 4) is 17.1 Å². The van der Waals surface area contributed by atoms with E-state index in [1.54, 1.807) is 12.4 Å². The topological polar surface area (TPSA) is 108 Å². The van der Waals surface area contributed by atoms with Gasteiger partial charge in [-0.2, -0.15) is 18.3 Å². The Morgan fingerprint density at radius 3 is 2.67 bits per heavy atom. The molecule has 1 saturated carbocycles. The first-order chi connectivity index (χ1) is 20.3. The number of hydrogen-bond acceptors (Lipinski definition) is 8. The van der Waals surface area contributed by atoms with Crippen molar-refractivity contribution in [2.75, 3.05) is 26.2 Å². The van der Waals surface area contributed by atoms with Gasteiger partial charge >= 0.3 is 6.18 Å². The predicted molar refractivity (Wildman–Crippen MR) is 147 cm³/mol. The maximum absolute atomic E-state index is 13.6. The number of aromatic nitrogens is 6. The average Bonchev–Trinajstić information content (AvgIpc) is 3.70. The maximum atomic E-state index is 13.6. The summed E-state index contributed by atoms with van der Waals surface area (Å²) < 4.78 is 48.7. The van der Waals surface area contributed by atoms with Gasteiger partial charge in [0.25, 0.3) is 0 Å². The highest BCUT2D eigenvalue weighted by molar-refractivity contribution is 5.90. The number of ether oxygens (including phenoxy) is 1. The van der Waals surface area contributed by atoms with Gasteiger partial charge in [0.05, 0.1) is 18.0 Å². The van der Waals surface area contributed by atoms with Crippen LogP contribution in [-0.4, -0.2) is 89.1 Å². The van der Waals surface area contributed by atoms with Crippen LogP contribution in [0, 0.1) is 6.04 Å². The molecule has 13 heteroatoms. The molecule has 4 aromatic rings. The van der Waals surface area contributed by atoms with Crippen molar-refractivity contribution < 1.29 is 23.0 Å². The number of likely N-dealkylation sites (tertiary alicyclic amines) is 2. The van der Waals surface area contributed by atoms with E-state index in [-0.39, 0.29) is 12.0 Å². The molecule has 0 unspecified atom stereocenters. The molecule has 2 N–H and O–H groups in total. The number of H-pyrrole nitrogens is 1. The van der Waals surface area contributed by atoms with Crippen LogP contribution in [0.15, 0.2) is 43.1 Å². The molecule has 10 nitrogen and oxygen atoms in total. The molecule has 1 aliphatic carbocycles. The summed E-state index contributed by atoms with van der Waals surface area (Å²) in [4.78, 5) is 20.0. The van der Waals surface area contributed by atoms with Crippen LogP contribution in [0.3, 0.4) is 0 Å². The summed E-state index contributed by atoms with van der Waals surface area (Å²) in [6.07, 6.45) is 6.04. The molecule has 1 atom stereocenters. The van der Waals surface area contributed by atoms with Crippen molar-refractivity contribution in [1.29, 1.82) is 0 Å². The largest absolute Gasteiger partial charge is 0.474 e. The predicted octanol–water partition coefficient (Wildman–Crippen LogP) is 3.89. The molecule has 7 rings (SSSR count). The second-order valence-corrected chi connectivity index (χ2v) is 11.5. The Balaban J connectivity index is 0.934. The van der Waals surface area contributed by atoms with Crippen LogP contribution in [0.1, 0.15) is 43.4 Å². The maximum Gasteiger partial charge on any atom is 0.433 e. The molecule has 3 aliphatic rings. The van der Waals surface area contributed by atoms with E-state index in [0.717, 1.165) is 67.1 Å². The van der Waals surface area contributed by atoms with Gasteiger partial charge in [-0.05, 0) is 49.8 Å². The first-order valence-corrected chi connectivity index (χ1v) is 14.4. The van der Waals surface area contributed by atoms with E-state index in [2.05, 4.69) is 29.9 Å². The van der Waals surface area contributed by atoms with E-state index in [0.29, 0.717) is 37.7 Å². The molecule has 0 aromatic carbocycles. The van der Waals surface area contributed by atoms with E-state index in [1.807, 2.05) is 34.2 Å². The van der Waals surface area contributed by atoms with Crippen molar-refractivity contribution in [2.45, 2.75) is 63.1 Å². The number of aliphatic hydroxyl groups is 1. The molecule has 0 bridgehead atoms. The number of alkyl halides is 3. The van der Waals surface area contributed by atoms with Crippen molar-refractivity contribution >= 4 is 11.0 Å². The zero-order chi connectivity index (χ0) is 28.8. The minimum atomic E-state index is -4.56. The van der Waals surface area contributed by atoms with Gasteiger partial charge in [0.2, 0.25) is 5.88 Å². The molecule has 0 spiro atoms. The molecule has 2 aliphatic heterocycles. The smallest absolute Gasteiger partial charge is 0.433 e. The number of fused-ring (bicyclic) bond motifs is 1. The van der Waals surface area contributed by atoms with Gasteiger partial charge in [-0.1, -0.05) is 0 Å². The van der Waals surface area contributed by atoms with E-state index in [9.17, 15) is 18.3 Å². The number of pyridine rings is 1.